The molecule has 0 aromatic rings. The number of hydrogen-bond donors (Lipinski definition) is 2. The molecule has 2 unspecified atom stereocenters. The van der Waals surface area contributed by atoms with Gasteiger partial charge in [-0.3, -0.25) is 4.79 Å². The highest BCUT2D eigenvalue weighted by Gasteiger charge is 2.16. The molecule has 0 radical (unpaired) electrons. The van der Waals surface area contributed by atoms with E-state index >= 15 is 0 Å². The first kappa shape index (κ1) is 19.7. The van der Waals surface area contributed by atoms with E-state index in [1.807, 2.05) is 0 Å². The van der Waals surface area contributed by atoms with E-state index in [9.17, 15) is 4.79 Å². The van der Waals surface area contributed by atoms with Crippen LogP contribution in [0.2, 0.25) is 0 Å². The van der Waals surface area contributed by atoms with Crippen molar-refractivity contribution in [2.45, 2.75) is 70.4 Å². The van der Waals surface area contributed by atoms with Gasteiger partial charge in [-0.1, -0.05) is 32.1 Å². The third-order valence-corrected chi connectivity index (χ3v) is 4.15. The number of carbonyl (C=O) groups is 1. The largest absolute Gasteiger partial charge is 0.380 e. The van der Waals surface area contributed by atoms with E-state index in [2.05, 4.69) is 12.2 Å². The molecule has 4 nitrogen and oxygen atoms in total. The summed E-state index contributed by atoms with van der Waals surface area (Å²) in [5.41, 5.74) is 5.51. The fourth-order valence-corrected chi connectivity index (χ4v) is 2.84. The smallest absolute Gasteiger partial charge is 0.222 e. The Morgan fingerprint density at radius 2 is 2.00 bits per heavy atom. The van der Waals surface area contributed by atoms with Crippen LogP contribution < -0.4 is 11.1 Å². The van der Waals surface area contributed by atoms with Crippen molar-refractivity contribution in [1.29, 1.82) is 0 Å². The van der Waals surface area contributed by atoms with Gasteiger partial charge in [0, 0.05) is 19.7 Å². The summed E-state index contributed by atoms with van der Waals surface area (Å²) in [6, 6.07) is 0.254. The van der Waals surface area contributed by atoms with Gasteiger partial charge in [-0.2, -0.15) is 0 Å². The molecule has 0 aliphatic heterocycles. The maximum atomic E-state index is 11.8. The van der Waals surface area contributed by atoms with Crippen molar-refractivity contribution in [2.24, 2.45) is 11.7 Å². The third-order valence-electron chi connectivity index (χ3n) is 4.15. The van der Waals surface area contributed by atoms with Crippen LogP contribution in [0.25, 0.3) is 0 Å². The number of nitrogens with two attached hydrogens (primary N) is 1. The minimum Gasteiger partial charge on any atom is -0.380 e. The Hall–Kier alpha value is -0.320. The van der Waals surface area contributed by atoms with Crippen molar-refractivity contribution in [1.82, 2.24) is 5.32 Å². The summed E-state index contributed by atoms with van der Waals surface area (Å²) in [4.78, 5) is 11.8. The maximum Gasteiger partial charge on any atom is 0.222 e. The second-order valence-corrected chi connectivity index (χ2v) is 5.85. The van der Waals surface area contributed by atoms with Crippen molar-refractivity contribution in [3.63, 3.8) is 0 Å². The second-order valence-electron chi connectivity index (χ2n) is 5.85. The van der Waals surface area contributed by atoms with Gasteiger partial charge < -0.3 is 15.8 Å². The van der Waals surface area contributed by atoms with Crippen LogP contribution in [0.15, 0.2) is 0 Å². The Labute approximate surface area is 129 Å². The quantitative estimate of drug-likeness (QED) is 0.724. The fraction of sp³-hybridized carbons (Fsp3) is 0.933. The molecular formula is C15H31ClN2O2. The molecular weight excluding hydrogens is 276 g/mol. The van der Waals surface area contributed by atoms with Crippen molar-refractivity contribution >= 4 is 18.3 Å². The maximum absolute atomic E-state index is 11.8. The average Bonchev–Trinajstić information content (AvgIpc) is 2.43. The lowest BCUT2D eigenvalue weighted by Crippen LogP contribution is -2.37. The Morgan fingerprint density at radius 3 is 2.55 bits per heavy atom. The summed E-state index contributed by atoms with van der Waals surface area (Å²) in [5, 5.41) is 3.04. The molecule has 1 aliphatic rings. The highest BCUT2D eigenvalue weighted by atomic mass is 35.5. The molecule has 1 aliphatic carbocycles. The predicted octanol–water partition coefficient (Wildman–Crippen LogP) is 2.64. The molecule has 20 heavy (non-hydrogen) atoms. The lowest BCUT2D eigenvalue weighted by atomic mass is 9.85. The van der Waals surface area contributed by atoms with Gasteiger partial charge in [0.1, 0.15) is 0 Å². The number of halogens is 1. The fourth-order valence-electron chi connectivity index (χ4n) is 2.84. The van der Waals surface area contributed by atoms with E-state index in [4.69, 9.17) is 10.5 Å². The molecule has 0 aromatic carbocycles. The number of carbonyl (C=O) groups excluding carboxylic acids is 1. The van der Waals surface area contributed by atoms with Crippen LogP contribution in [0.4, 0.5) is 0 Å². The van der Waals surface area contributed by atoms with E-state index in [0.717, 1.165) is 12.3 Å². The van der Waals surface area contributed by atoms with Crippen LogP contribution in [-0.4, -0.2) is 31.7 Å². The van der Waals surface area contributed by atoms with Crippen molar-refractivity contribution < 1.29 is 9.53 Å². The zero-order valence-corrected chi connectivity index (χ0v) is 13.7. The predicted molar refractivity (Wildman–Crippen MR) is 85.1 cm³/mol. The van der Waals surface area contributed by atoms with Gasteiger partial charge in [0.05, 0.1) is 12.5 Å². The van der Waals surface area contributed by atoms with Crippen LogP contribution in [0.3, 0.4) is 0 Å². The summed E-state index contributed by atoms with van der Waals surface area (Å²) in [6.07, 6.45) is 9.45. The normalized spacial score (nSPS) is 18.9. The van der Waals surface area contributed by atoms with E-state index in [1.165, 1.54) is 38.5 Å². The monoisotopic (exact) mass is 306 g/mol. The van der Waals surface area contributed by atoms with Gasteiger partial charge in [-0.15, -0.1) is 12.4 Å². The number of hydrogen-bond acceptors (Lipinski definition) is 3. The molecule has 1 amide bonds. The number of methoxy groups -OCH3 is 1. The minimum absolute atomic E-state index is 0. The molecule has 3 N–H and O–H groups in total. The Kier molecular flexibility index (Phi) is 11.2. The Bertz CT molecular complexity index is 254. The SMILES string of the molecule is COC(CN)CC(=O)NC(C)CCC1CCCCC1.Cl. The Morgan fingerprint density at radius 1 is 1.35 bits per heavy atom. The van der Waals surface area contributed by atoms with Crippen molar-refractivity contribution in [3.8, 4) is 0 Å². The number of rotatable bonds is 8. The topological polar surface area (TPSA) is 64.3 Å². The minimum atomic E-state index is -0.162. The van der Waals surface area contributed by atoms with Crippen molar-refractivity contribution in [2.75, 3.05) is 13.7 Å². The highest BCUT2D eigenvalue weighted by Crippen LogP contribution is 2.27. The lowest BCUT2D eigenvalue weighted by Gasteiger charge is -2.23. The molecule has 0 aromatic heterocycles. The van der Waals surface area contributed by atoms with Gasteiger partial charge in [-0.05, 0) is 25.7 Å². The lowest BCUT2D eigenvalue weighted by molar-refractivity contribution is -0.124. The molecule has 0 saturated heterocycles. The molecule has 0 bridgehead atoms. The number of ether oxygens (including phenoxy) is 1. The molecule has 0 heterocycles. The first-order valence-corrected chi connectivity index (χ1v) is 7.68. The first-order chi connectivity index (χ1) is 9.15. The zero-order valence-electron chi connectivity index (χ0n) is 12.9. The number of amides is 1. The zero-order chi connectivity index (χ0) is 14.1. The van der Waals surface area contributed by atoms with Crippen LogP contribution in [0.1, 0.15) is 58.3 Å². The standard InChI is InChI=1S/C15H30N2O2.ClH/c1-12(8-9-13-6-4-3-5-7-13)17-15(18)10-14(11-16)19-2;/h12-14H,3-11,16H2,1-2H3,(H,17,18);1H. The summed E-state index contributed by atoms with van der Waals surface area (Å²) in [5.74, 6) is 0.928. The second kappa shape index (κ2) is 11.4. The van der Waals surface area contributed by atoms with E-state index in [1.54, 1.807) is 7.11 Å². The van der Waals surface area contributed by atoms with Crippen LogP contribution >= 0.6 is 12.4 Å². The highest BCUT2D eigenvalue weighted by molar-refractivity contribution is 5.85. The molecule has 1 fully saturated rings. The van der Waals surface area contributed by atoms with E-state index < -0.39 is 0 Å². The molecule has 5 heteroatoms. The van der Waals surface area contributed by atoms with Gasteiger partial charge in [0.25, 0.3) is 0 Å². The molecule has 2 atom stereocenters. The summed E-state index contributed by atoms with van der Waals surface area (Å²) < 4.78 is 5.12. The van der Waals surface area contributed by atoms with Crippen LogP contribution in [-0.2, 0) is 9.53 Å². The van der Waals surface area contributed by atoms with Crippen LogP contribution in [0.5, 0.6) is 0 Å². The first-order valence-electron chi connectivity index (χ1n) is 7.68. The molecule has 120 valence electrons. The van der Waals surface area contributed by atoms with Crippen molar-refractivity contribution in [3.05, 3.63) is 0 Å². The number of nitrogens with one attached hydrogen (secondary N) is 1. The average molecular weight is 307 g/mol. The molecule has 0 spiro atoms. The van der Waals surface area contributed by atoms with E-state index in [0.29, 0.717) is 13.0 Å². The summed E-state index contributed by atoms with van der Waals surface area (Å²) in [7, 11) is 1.59. The van der Waals surface area contributed by atoms with Gasteiger partial charge >= 0.3 is 0 Å². The van der Waals surface area contributed by atoms with E-state index in [-0.39, 0.29) is 30.5 Å². The van der Waals surface area contributed by atoms with Gasteiger partial charge in [0.15, 0.2) is 0 Å². The van der Waals surface area contributed by atoms with Gasteiger partial charge in [-0.25, -0.2) is 0 Å². The third kappa shape index (κ3) is 8.08. The Balaban J connectivity index is 0.00000361. The summed E-state index contributed by atoms with van der Waals surface area (Å²) in [6.45, 7) is 2.48. The van der Waals surface area contributed by atoms with Crippen LogP contribution in [0, 0.1) is 5.92 Å². The molecule has 1 rings (SSSR count). The summed E-state index contributed by atoms with van der Waals surface area (Å²) >= 11 is 0. The van der Waals surface area contributed by atoms with Gasteiger partial charge in [0.2, 0.25) is 5.91 Å². The molecule has 1 saturated carbocycles.